The molecule has 0 heterocycles. The summed E-state index contributed by atoms with van der Waals surface area (Å²) in [5.74, 6) is 0.835. The number of nitrogens with one attached hydrogen (secondary N) is 1. The SMILES string of the molecule is CCSC(=O)NC(C)(C)C. The highest BCUT2D eigenvalue weighted by molar-refractivity contribution is 8.13. The Hall–Kier alpha value is -0.180. The lowest BCUT2D eigenvalue weighted by Gasteiger charge is -2.19. The highest BCUT2D eigenvalue weighted by atomic mass is 32.2. The van der Waals surface area contributed by atoms with E-state index in [2.05, 4.69) is 5.32 Å². The summed E-state index contributed by atoms with van der Waals surface area (Å²) in [5.41, 5.74) is -0.0980. The molecule has 0 aliphatic heterocycles. The third kappa shape index (κ3) is 5.95. The minimum atomic E-state index is -0.0980. The fourth-order valence-electron chi connectivity index (χ4n) is 0.473. The van der Waals surface area contributed by atoms with E-state index in [4.69, 9.17) is 0 Å². The van der Waals surface area contributed by atoms with Gasteiger partial charge in [0.1, 0.15) is 0 Å². The van der Waals surface area contributed by atoms with Crippen LogP contribution in [0.25, 0.3) is 0 Å². The van der Waals surface area contributed by atoms with Gasteiger partial charge in [0.05, 0.1) is 0 Å². The van der Waals surface area contributed by atoms with Gasteiger partial charge in [0, 0.05) is 5.54 Å². The minimum absolute atomic E-state index is 0.0648. The molecule has 0 aromatic rings. The Bertz CT molecular complexity index is 117. The fourth-order valence-corrected chi connectivity index (χ4v) is 1.11. The summed E-state index contributed by atoms with van der Waals surface area (Å²) < 4.78 is 0. The number of carbonyl (C=O) groups is 1. The molecule has 0 fully saturated rings. The van der Waals surface area contributed by atoms with E-state index in [1.54, 1.807) is 0 Å². The van der Waals surface area contributed by atoms with Crippen LogP contribution < -0.4 is 5.32 Å². The number of carbonyl (C=O) groups excluding carboxylic acids is 1. The molecule has 60 valence electrons. The van der Waals surface area contributed by atoms with E-state index in [1.807, 2.05) is 27.7 Å². The van der Waals surface area contributed by atoms with Crippen molar-refractivity contribution in [1.29, 1.82) is 0 Å². The first-order chi connectivity index (χ1) is 4.45. The molecule has 0 aliphatic rings. The van der Waals surface area contributed by atoms with Gasteiger partial charge in [0.2, 0.25) is 0 Å². The first kappa shape index (κ1) is 9.82. The van der Waals surface area contributed by atoms with E-state index < -0.39 is 0 Å². The number of rotatable bonds is 1. The Morgan fingerprint density at radius 2 is 2.00 bits per heavy atom. The average molecular weight is 161 g/mol. The number of amides is 1. The molecule has 0 atom stereocenters. The maximum atomic E-state index is 10.9. The third-order valence-corrected chi connectivity index (χ3v) is 1.41. The van der Waals surface area contributed by atoms with Crippen molar-refractivity contribution < 1.29 is 4.79 Å². The molecule has 0 spiro atoms. The third-order valence-electron chi connectivity index (χ3n) is 0.752. The van der Waals surface area contributed by atoms with Crippen LogP contribution in [0.4, 0.5) is 4.79 Å². The molecule has 1 amide bonds. The lowest BCUT2D eigenvalue weighted by Crippen LogP contribution is -2.38. The standard InChI is InChI=1S/C7H15NOS/c1-5-10-6(9)8-7(2,3)4/h5H2,1-4H3,(H,8,9). The Labute approximate surface area is 66.8 Å². The van der Waals surface area contributed by atoms with Crippen LogP contribution in [0, 0.1) is 0 Å². The van der Waals surface area contributed by atoms with Crippen molar-refractivity contribution in [2.45, 2.75) is 33.2 Å². The largest absolute Gasteiger partial charge is 0.342 e. The highest BCUT2D eigenvalue weighted by Gasteiger charge is 2.12. The van der Waals surface area contributed by atoms with Crippen LogP contribution in [0.2, 0.25) is 0 Å². The minimum Gasteiger partial charge on any atom is -0.342 e. The van der Waals surface area contributed by atoms with E-state index in [9.17, 15) is 4.79 Å². The number of hydrogen-bond donors (Lipinski definition) is 1. The van der Waals surface area contributed by atoms with Crippen LogP contribution in [0.5, 0.6) is 0 Å². The van der Waals surface area contributed by atoms with Crippen LogP contribution in [-0.2, 0) is 0 Å². The second-order valence-corrected chi connectivity index (χ2v) is 4.33. The van der Waals surface area contributed by atoms with Gasteiger partial charge < -0.3 is 5.32 Å². The lowest BCUT2D eigenvalue weighted by molar-refractivity contribution is 0.253. The zero-order valence-corrected chi connectivity index (χ0v) is 7.84. The van der Waals surface area contributed by atoms with Gasteiger partial charge in [0.15, 0.2) is 0 Å². The summed E-state index contributed by atoms with van der Waals surface area (Å²) in [5, 5.41) is 2.91. The smallest absolute Gasteiger partial charge is 0.279 e. The number of hydrogen-bond acceptors (Lipinski definition) is 2. The average Bonchev–Trinajstić information content (AvgIpc) is 1.59. The predicted octanol–water partition coefficient (Wildman–Crippen LogP) is 2.25. The molecule has 10 heavy (non-hydrogen) atoms. The topological polar surface area (TPSA) is 29.1 Å². The lowest BCUT2D eigenvalue weighted by atomic mass is 10.1. The molecule has 0 unspecified atom stereocenters. The summed E-state index contributed by atoms with van der Waals surface area (Å²) in [4.78, 5) is 10.9. The molecule has 0 rings (SSSR count). The van der Waals surface area contributed by atoms with Gasteiger partial charge in [0.25, 0.3) is 5.24 Å². The Kier molecular flexibility index (Phi) is 3.79. The molecule has 0 aromatic carbocycles. The maximum absolute atomic E-state index is 10.9. The van der Waals surface area contributed by atoms with Gasteiger partial charge >= 0.3 is 0 Å². The first-order valence-electron chi connectivity index (χ1n) is 3.40. The summed E-state index contributed by atoms with van der Waals surface area (Å²) in [6.45, 7) is 7.89. The van der Waals surface area contributed by atoms with E-state index in [0.29, 0.717) is 0 Å². The molecular formula is C7H15NOS. The Balaban J connectivity index is 3.58. The van der Waals surface area contributed by atoms with Gasteiger partial charge in [-0.05, 0) is 26.5 Å². The molecular weight excluding hydrogens is 146 g/mol. The molecule has 0 radical (unpaired) electrons. The normalized spacial score (nSPS) is 11.2. The van der Waals surface area contributed by atoms with Gasteiger partial charge in [-0.1, -0.05) is 18.7 Å². The summed E-state index contributed by atoms with van der Waals surface area (Å²) in [7, 11) is 0. The van der Waals surface area contributed by atoms with E-state index in [-0.39, 0.29) is 10.8 Å². The molecule has 0 saturated carbocycles. The Morgan fingerprint density at radius 3 is 2.30 bits per heavy atom. The second-order valence-electron chi connectivity index (χ2n) is 3.10. The first-order valence-corrected chi connectivity index (χ1v) is 4.39. The summed E-state index contributed by atoms with van der Waals surface area (Å²) >= 11 is 1.31. The quantitative estimate of drug-likeness (QED) is 0.639. The zero-order chi connectivity index (χ0) is 8.20. The summed E-state index contributed by atoms with van der Waals surface area (Å²) in [6, 6.07) is 0. The number of thioether (sulfide) groups is 1. The van der Waals surface area contributed by atoms with Gasteiger partial charge in [-0.15, -0.1) is 0 Å². The van der Waals surface area contributed by atoms with Crippen LogP contribution >= 0.6 is 11.8 Å². The molecule has 0 aromatic heterocycles. The van der Waals surface area contributed by atoms with Crippen molar-refractivity contribution in [3.05, 3.63) is 0 Å². The van der Waals surface area contributed by atoms with Gasteiger partial charge in [-0.3, -0.25) is 4.79 Å². The van der Waals surface area contributed by atoms with Gasteiger partial charge in [-0.2, -0.15) is 0 Å². The maximum Gasteiger partial charge on any atom is 0.279 e. The molecule has 1 N–H and O–H groups in total. The zero-order valence-electron chi connectivity index (χ0n) is 7.02. The predicted molar refractivity (Wildman–Crippen MR) is 46.4 cm³/mol. The van der Waals surface area contributed by atoms with Crippen molar-refractivity contribution in [1.82, 2.24) is 5.32 Å². The van der Waals surface area contributed by atoms with Crippen molar-refractivity contribution in [3.8, 4) is 0 Å². The fraction of sp³-hybridized carbons (Fsp3) is 0.857. The van der Waals surface area contributed by atoms with Crippen LogP contribution in [0.1, 0.15) is 27.7 Å². The monoisotopic (exact) mass is 161 g/mol. The molecule has 2 nitrogen and oxygen atoms in total. The van der Waals surface area contributed by atoms with Crippen molar-refractivity contribution in [2.24, 2.45) is 0 Å². The van der Waals surface area contributed by atoms with E-state index in [1.165, 1.54) is 11.8 Å². The van der Waals surface area contributed by atoms with Crippen molar-refractivity contribution >= 4 is 17.0 Å². The van der Waals surface area contributed by atoms with Crippen LogP contribution in [0.3, 0.4) is 0 Å². The van der Waals surface area contributed by atoms with Crippen LogP contribution in [-0.4, -0.2) is 16.5 Å². The van der Waals surface area contributed by atoms with E-state index >= 15 is 0 Å². The molecule has 0 bridgehead atoms. The summed E-state index contributed by atoms with van der Waals surface area (Å²) in [6.07, 6.45) is 0. The van der Waals surface area contributed by atoms with Gasteiger partial charge in [-0.25, -0.2) is 0 Å². The second kappa shape index (κ2) is 3.86. The van der Waals surface area contributed by atoms with E-state index in [0.717, 1.165) is 5.75 Å². The van der Waals surface area contributed by atoms with Crippen molar-refractivity contribution in [2.75, 3.05) is 5.75 Å². The van der Waals surface area contributed by atoms with Crippen LogP contribution in [0.15, 0.2) is 0 Å². The Morgan fingerprint density at radius 1 is 1.50 bits per heavy atom. The highest BCUT2D eigenvalue weighted by Crippen LogP contribution is 2.05. The van der Waals surface area contributed by atoms with Crippen molar-refractivity contribution in [3.63, 3.8) is 0 Å². The molecule has 0 aliphatic carbocycles. The molecule has 0 saturated heterocycles. The molecule has 3 heteroatoms.